The molecule has 0 bridgehead atoms. The lowest BCUT2D eigenvalue weighted by atomic mass is 10.2. The standard InChI is InChI=1S/C17H15BrN8O2S/c18-12-9-20-17(22-11-6-5-10-8-21-25-15(10)7-11)24-16(12)23-13-3-1-2-4-14(13)26-29(19,27)28/h1-7,9,26H,8H2,(H2,19,27,28)(H2,20,22,23,24). The van der Waals surface area contributed by atoms with Gasteiger partial charge in [0.05, 0.1) is 28.1 Å². The molecular weight excluding hydrogens is 460 g/mol. The van der Waals surface area contributed by atoms with E-state index in [0.29, 0.717) is 34.2 Å². The first-order valence-corrected chi connectivity index (χ1v) is 10.7. The fraction of sp³-hybridized carbons (Fsp3) is 0.0588. The van der Waals surface area contributed by atoms with Crippen LogP contribution < -0.4 is 20.5 Å². The second-order valence-electron chi connectivity index (χ2n) is 6.08. The first-order chi connectivity index (χ1) is 13.9. The molecule has 10 nitrogen and oxygen atoms in total. The van der Waals surface area contributed by atoms with Crippen molar-refractivity contribution in [3.8, 4) is 0 Å². The van der Waals surface area contributed by atoms with Crippen molar-refractivity contribution in [2.24, 2.45) is 15.4 Å². The van der Waals surface area contributed by atoms with E-state index in [-0.39, 0.29) is 0 Å². The monoisotopic (exact) mass is 474 g/mol. The van der Waals surface area contributed by atoms with Gasteiger partial charge in [-0.3, -0.25) is 4.72 Å². The number of para-hydroxylation sites is 2. The first-order valence-electron chi connectivity index (χ1n) is 8.34. The fourth-order valence-electron chi connectivity index (χ4n) is 2.66. The van der Waals surface area contributed by atoms with E-state index in [0.717, 1.165) is 16.9 Å². The number of benzene rings is 2. The summed E-state index contributed by atoms with van der Waals surface area (Å²) < 4.78 is 25.6. The van der Waals surface area contributed by atoms with Crippen LogP contribution in [0.1, 0.15) is 5.56 Å². The van der Waals surface area contributed by atoms with Gasteiger partial charge in [0.1, 0.15) is 5.82 Å². The van der Waals surface area contributed by atoms with Crippen molar-refractivity contribution < 1.29 is 8.42 Å². The van der Waals surface area contributed by atoms with E-state index in [1.165, 1.54) is 0 Å². The molecular formula is C17H15BrN8O2S. The van der Waals surface area contributed by atoms with E-state index >= 15 is 0 Å². The van der Waals surface area contributed by atoms with E-state index < -0.39 is 10.2 Å². The number of nitrogens with zero attached hydrogens (tertiary/aromatic N) is 4. The highest BCUT2D eigenvalue weighted by atomic mass is 79.9. The third-order valence-corrected chi connectivity index (χ3v) is 5.02. The number of hydrogen-bond acceptors (Lipinski definition) is 8. The van der Waals surface area contributed by atoms with Crippen LogP contribution in [0.15, 0.2) is 63.4 Å². The second kappa shape index (κ2) is 7.73. The van der Waals surface area contributed by atoms with Gasteiger partial charge in [-0.2, -0.15) is 23.6 Å². The molecule has 0 aliphatic carbocycles. The number of hydrogen-bond donors (Lipinski definition) is 4. The molecule has 2 aromatic carbocycles. The SMILES string of the molecule is NS(=O)(=O)Nc1ccccc1Nc1nc(Nc2ccc3c(c2)N=NC3)ncc1Br. The summed E-state index contributed by atoms with van der Waals surface area (Å²) in [5.74, 6) is 0.787. The summed E-state index contributed by atoms with van der Waals surface area (Å²) in [6.07, 6.45) is 1.58. The fourth-order valence-corrected chi connectivity index (χ4v) is 3.44. The molecule has 29 heavy (non-hydrogen) atoms. The molecule has 0 saturated carbocycles. The summed E-state index contributed by atoms with van der Waals surface area (Å²) >= 11 is 3.39. The number of azo groups is 1. The molecule has 0 radical (unpaired) electrons. The molecule has 0 amide bonds. The summed E-state index contributed by atoms with van der Waals surface area (Å²) in [6.45, 7) is 0.588. The van der Waals surface area contributed by atoms with Crippen molar-refractivity contribution in [2.45, 2.75) is 6.54 Å². The van der Waals surface area contributed by atoms with Crippen LogP contribution >= 0.6 is 15.9 Å². The van der Waals surface area contributed by atoms with Crippen molar-refractivity contribution in [3.63, 3.8) is 0 Å². The maximum absolute atomic E-state index is 11.4. The molecule has 0 fully saturated rings. The largest absolute Gasteiger partial charge is 0.337 e. The number of aromatic nitrogens is 2. The van der Waals surface area contributed by atoms with Gasteiger partial charge in [-0.15, -0.1) is 0 Å². The van der Waals surface area contributed by atoms with Crippen LogP contribution in [0, 0.1) is 0 Å². The quantitative estimate of drug-likeness (QED) is 0.425. The predicted octanol–water partition coefficient (Wildman–Crippen LogP) is 3.94. The van der Waals surface area contributed by atoms with Gasteiger partial charge in [0, 0.05) is 17.4 Å². The smallest absolute Gasteiger partial charge is 0.296 e. The summed E-state index contributed by atoms with van der Waals surface area (Å²) in [7, 11) is -3.92. The normalized spacial score (nSPS) is 12.5. The molecule has 0 spiro atoms. The van der Waals surface area contributed by atoms with Crippen molar-refractivity contribution >= 4 is 60.7 Å². The van der Waals surface area contributed by atoms with Gasteiger partial charge in [-0.05, 0) is 40.2 Å². The van der Waals surface area contributed by atoms with Gasteiger partial charge in [0.15, 0.2) is 0 Å². The van der Waals surface area contributed by atoms with Crippen molar-refractivity contribution in [1.29, 1.82) is 0 Å². The molecule has 1 aliphatic rings. The lowest BCUT2D eigenvalue weighted by Gasteiger charge is -2.14. The zero-order valence-corrected chi connectivity index (χ0v) is 17.2. The third-order valence-electron chi connectivity index (χ3n) is 3.94. The molecule has 1 aliphatic heterocycles. The molecule has 4 rings (SSSR count). The van der Waals surface area contributed by atoms with Gasteiger partial charge in [-0.25, -0.2) is 10.1 Å². The molecule has 5 N–H and O–H groups in total. The van der Waals surface area contributed by atoms with E-state index in [1.54, 1.807) is 30.5 Å². The Morgan fingerprint density at radius 2 is 1.86 bits per heavy atom. The third kappa shape index (κ3) is 4.67. The lowest BCUT2D eigenvalue weighted by molar-refractivity contribution is 0.603. The molecule has 12 heteroatoms. The van der Waals surface area contributed by atoms with Gasteiger partial charge in [0.25, 0.3) is 10.2 Å². The van der Waals surface area contributed by atoms with E-state index in [4.69, 9.17) is 5.14 Å². The van der Waals surface area contributed by atoms with Crippen molar-refractivity contribution in [3.05, 3.63) is 58.7 Å². The summed E-state index contributed by atoms with van der Waals surface area (Å²) in [5, 5.41) is 19.4. The molecule has 0 saturated heterocycles. The zero-order chi connectivity index (χ0) is 20.4. The molecule has 1 aromatic heterocycles. The second-order valence-corrected chi connectivity index (χ2v) is 8.22. The lowest BCUT2D eigenvalue weighted by Crippen LogP contribution is -2.22. The van der Waals surface area contributed by atoms with Crippen LogP contribution in [-0.2, 0) is 16.8 Å². The number of nitrogens with one attached hydrogen (secondary N) is 3. The van der Waals surface area contributed by atoms with Crippen LogP contribution in [0.2, 0.25) is 0 Å². The van der Waals surface area contributed by atoms with Gasteiger partial charge < -0.3 is 10.6 Å². The van der Waals surface area contributed by atoms with Crippen LogP contribution in [0.25, 0.3) is 0 Å². The van der Waals surface area contributed by atoms with Gasteiger partial charge >= 0.3 is 0 Å². The summed E-state index contributed by atoms with van der Waals surface area (Å²) in [5.41, 5.74) is 3.42. The van der Waals surface area contributed by atoms with Gasteiger partial charge in [-0.1, -0.05) is 18.2 Å². The molecule has 3 aromatic rings. The maximum atomic E-state index is 11.4. The van der Waals surface area contributed by atoms with Crippen molar-refractivity contribution in [2.75, 3.05) is 15.4 Å². The summed E-state index contributed by atoms with van der Waals surface area (Å²) in [6, 6.07) is 12.4. The number of nitrogens with two attached hydrogens (primary N) is 1. The number of rotatable bonds is 6. The Morgan fingerprint density at radius 1 is 1.07 bits per heavy atom. The Balaban J connectivity index is 1.59. The highest BCUT2D eigenvalue weighted by molar-refractivity contribution is 9.10. The highest BCUT2D eigenvalue weighted by Crippen LogP contribution is 2.32. The zero-order valence-electron chi connectivity index (χ0n) is 14.8. The minimum absolute atomic E-state index is 0.291. The molecule has 0 atom stereocenters. The van der Waals surface area contributed by atoms with E-state index in [2.05, 4.69) is 51.5 Å². The predicted molar refractivity (Wildman–Crippen MR) is 114 cm³/mol. The Bertz CT molecular complexity index is 1220. The van der Waals surface area contributed by atoms with Crippen LogP contribution in [0.4, 0.5) is 34.5 Å². The molecule has 2 heterocycles. The minimum atomic E-state index is -3.92. The van der Waals surface area contributed by atoms with Gasteiger partial charge in [0.2, 0.25) is 5.95 Å². The average molecular weight is 475 g/mol. The Morgan fingerprint density at radius 3 is 2.66 bits per heavy atom. The Hall–Kier alpha value is -3.09. The maximum Gasteiger partial charge on any atom is 0.296 e. The van der Waals surface area contributed by atoms with Crippen LogP contribution in [0.3, 0.4) is 0 Å². The topological polar surface area (TPSA) is 147 Å². The molecule has 0 unspecified atom stereocenters. The minimum Gasteiger partial charge on any atom is -0.337 e. The highest BCUT2D eigenvalue weighted by Gasteiger charge is 2.12. The van der Waals surface area contributed by atoms with Crippen LogP contribution in [-0.4, -0.2) is 18.4 Å². The summed E-state index contributed by atoms with van der Waals surface area (Å²) in [4.78, 5) is 8.71. The number of fused-ring (bicyclic) bond motifs is 1. The average Bonchev–Trinajstić information content (AvgIpc) is 3.13. The van der Waals surface area contributed by atoms with Crippen LogP contribution in [0.5, 0.6) is 0 Å². The number of halogens is 1. The Labute approximate surface area is 175 Å². The number of anilines is 5. The van der Waals surface area contributed by atoms with Crippen molar-refractivity contribution in [1.82, 2.24) is 9.97 Å². The first kappa shape index (κ1) is 19.2. The van der Waals surface area contributed by atoms with E-state index in [1.807, 2.05) is 18.2 Å². The van der Waals surface area contributed by atoms with E-state index in [9.17, 15) is 8.42 Å². The Kier molecular flexibility index (Phi) is 5.13. The molecule has 148 valence electrons.